The number of hydrogen-bond donors (Lipinski definition) is 6. The Balaban J connectivity index is 3.13. The summed E-state index contributed by atoms with van der Waals surface area (Å²) in [6.45, 7) is 1.46. The van der Waals surface area contributed by atoms with Gasteiger partial charge in [-0.1, -0.05) is 0 Å². The molecule has 0 aromatic rings. The van der Waals surface area contributed by atoms with Gasteiger partial charge in [0.05, 0.1) is 18.8 Å². The summed E-state index contributed by atoms with van der Waals surface area (Å²) in [5.41, 5.74) is 0. The van der Waals surface area contributed by atoms with E-state index in [1.165, 1.54) is 6.92 Å². The maximum absolute atomic E-state index is 11.4. The highest BCUT2D eigenvalue weighted by Crippen LogP contribution is 2.35. The van der Waals surface area contributed by atoms with Gasteiger partial charge in [-0.3, -0.25) is 9.59 Å². The van der Waals surface area contributed by atoms with Crippen molar-refractivity contribution in [1.82, 2.24) is 5.32 Å². The van der Waals surface area contributed by atoms with Crippen LogP contribution in [0, 0.1) is 0 Å². The summed E-state index contributed by atoms with van der Waals surface area (Å²) in [6, 6.07) is -1.18. The molecule has 9 nitrogen and oxygen atoms in total. The van der Waals surface area contributed by atoms with Gasteiger partial charge in [-0.2, -0.15) is 0 Å². The average Bonchev–Trinajstić information content (AvgIpc) is 2.46. The van der Waals surface area contributed by atoms with Crippen molar-refractivity contribution in [2.75, 3.05) is 6.61 Å². The second kappa shape index (κ2) is 7.84. The molecule has 1 aliphatic heterocycles. The molecule has 23 heavy (non-hydrogen) atoms. The third kappa shape index (κ3) is 4.60. The van der Waals surface area contributed by atoms with Crippen molar-refractivity contribution in [2.24, 2.45) is 0 Å². The number of ether oxygens (including phenoxy) is 1. The zero-order valence-corrected chi connectivity index (χ0v) is 13.5. The third-order valence-electron chi connectivity index (χ3n) is 3.65. The number of halogens is 1. The van der Waals surface area contributed by atoms with Gasteiger partial charge in [-0.15, -0.1) is 11.6 Å². The van der Waals surface area contributed by atoms with Crippen LogP contribution >= 0.6 is 11.6 Å². The molecule has 1 heterocycles. The largest absolute Gasteiger partial charge is 0.394 e. The number of alkyl halides is 1. The van der Waals surface area contributed by atoms with Crippen LogP contribution in [0.15, 0.2) is 0 Å². The lowest BCUT2D eigenvalue weighted by molar-refractivity contribution is -0.298. The van der Waals surface area contributed by atoms with Gasteiger partial charge >= 0.3 is 0 Å². The summed E-state index contributed by atoms with van der Waals surface area (Å²) in [6.07, 6.45) is -6.82. The van der Waals surface area contributed by atoms with Crippen molar-refractivity contribution >= 4 is 23.3 Å². The topological polar surface area (TPSA) is 157 Å². The molecular weight excluding hydrogens is 334 g/mol. The molecule has 0 spiro atoms. The van der Waals surface area contributed by atoms with Crippen LogP contribution in [-0.2, 0) is 14.3 Å². The monoisotopic (exact) mass is 355 g/mol. The molecule has 1 aliphatic rings. The minimum Gasteiger partial charge on any atom is -0.394 e. The molecule has 0 aliphatic carbocycles. The molecule has 134 valence electrons. The number of nitrogens with one attached hydrogen (secondary N) is 1. The predicted octanol–water partition coefficient (Wildman–Crippen LogP) is -2.76. The van der Waals surface area contributed by atoms with Gasteiger partial charge in [0, 0.05) is 13.3 Å². The van der Waals surface area contributed by atoms with E-state index in [0.717, 1.165) is 6.92 Å². The van der Waals surface area contributed by atoms with E-state index in [9.17, 15) is 30.0 Å². The molecule has 0 bridgehead atoms. The van der Waals surface area contributed by atoms with Crippen LogP contribution in [0.1, 0.15) is 20.3 Å². The Morgan fingerprint density at radius 2 is 1.96 bits per heavy atom. The molecule has 6 N–H and O–H groups in total. The second-order valence-corrected chi connectivity index (χ2v) is 6.08. The van der Waals surface area contributed by atoms with E-state index in [-0.39, 0.29) is 0 Å². The van der Waals surface area contributed by atoms with Crippen molar-refractivity contribution in [1.29, 1.82) is 0 Å². The van der Waals surface area contributed by atoms with E-state index in [0.29, 0.717) is 0 Å². The molecule has 1 rings (SSSR count). The molecule has 1 amide bonds. The first-order chi connectivity index (χ1) is 10.5. The SMILES string of the molecule is CC(=O)N[C@H]1[C@H]([C@H](O)[C@H](O)CO)O[C@](O)(C(Cl)C(C)=O)C[C@@H]1O. The van der Waals surface area contributed by atoms with Gasteiger partial charge in [-0.25, -0.2) is 0 Å². The first kappa shape index (κ1) is 20.2. The molecule has 1 unspecified atom stereocenters. The molecule has 1 saturated heterocycles. The number of carbonyl (C=O) groups excluding carboxylic acids is 2. The van der Waals surface area contributed by atoms with E-state index in [1.807, 2.05) is 0 Å². The lowest BCUT2D eigenvalue weighted by Gasteiger charge is -2.47. The van der Waals surface area contributed by atoms with Crippen LogP contribution in [0.4, 0.5) is 0 Å². The Morgan fingerprint density at radius 1 is 1.39 bits per heavy atom. The van der Waals surface area contributed by atoms with E-state index in [4.69, 9.17) is 21.4 Å². The number of Topliss-reactive ketones (excluding diaryl/α,β-unsaturated/α-hetero) is 1. The van der Waals surface area contributed by atoms with Gasteiger partial charge in [0.15, 0.2) is 11.6 Å². The maximum atomic E-state index is 11.4. The van der Waals surface area contributed by atoms with E-state index in [1.54, 1.807) is 0 Å². The standard InChI is InChI=1S/C13H22ClNO8/c1-5(17)12(14)13(22)3-7(19)9(15-6(2)18)11(23-13)10(21)8(20)4-16/h7-12,16,19-22H,3-4H2,1-2H3,(H,15,18)/t7-,8+,9+,10+,11+,12?,13-/m0/s1. The number of carbonyl (C=O) groups is 2. The zero-order chi connectivity index (χ0) is 17.9. The Morgan fingerprint density at radius 3 is 2.39 bits per heavy atom. The zero-order valence-electron chi connectivity index (χ0n) is 12.7. The lowest BCUT2D eigenvalue weighted by Crippen LogP contribution is -2.67. The summed E-state index contributed by atoms with van der Waals surface area (Å²) in [5, 5.41) is 50.0. The van der Waals surface area contributed by atoms with Gasteiger partial charge < -0.3 is 35.6 Å². The second-order valence-electron chi connectivity index (χ2n) is 5.64. The normalized spacial score (nSPS) is 35.2. The molecule has 0 radical (unpaired) electrons. The number of rotatable bonds is 6. The molecule has 0 aromatic carbocycles. The molecule has 0 aromatic heterocycles. The fraction of sp³-hybridized carbons (Fsp3) is 0.846. The fourth-order valence-corrected chi connectivity index (χ4v) is 2.65. The number of aliphatic hydroxyl groups excluding tert-OH is 4. The first-order valence-corrected chi connectivity index (χ1v) is 7.44. The molecule has 0 saturated carbocycles. The Kier molecular flexibility index (Phi) is 6.90. The van der Waals surface area contributed by atoms with Crippen LogP contribution in [-0.4, -0.2) is 85.5 Å². The number of hydrogen-bond acceptors (Lipinski definition) is 8. The number of amides is 1. The van der Waals surface area contributed by atoms with Gasteiger partial charge in [0.2, 0.25) is 5.91 Å². The van der Waals surface area contributed by atoms with Crippen LogP contribution in [0.25, 0.3) is 0 Å². The molecule has 10 heteroatoms. The van der Waals surface area contributed by atoms with Crippen molar-refractivity contribution < 1.29 is 39.9 Å². The summed E-state index contributed by atoms with van der Waals surface area (Å²) in [4.78, 5) is 22.7. The first-order valence-electron chi connectivity index (χ1n) is 7.00. The minimum atomic E-state index is -2.30. The van der Waals surface area contributed by atoms with Crippen molar-refractivity contribution in [2.45, 2.75) is 61.9 Å². The summed E-state index contributed by atoms with van der Waals surface area (Å²) >= 11 is 5.82. The highest BCUT2D eigenvalue weighted by Gasteiger charge is 2.53. The van der Waals surface area contributed by atoms with Gasteiger partial charge in [-0.05, 0) is 6.92 Å². The van der Waals surface area contributed by atoms with Crippen molar-refractivity contribution in [3.63, 3.8) is 0 Å². The van der Waals surface area contributed by atoms with Crippen LogP contribution in [0.5, 0.6) is 0 Å². The number of ketones is 1. The van der Waals surface area contributed by atoms with E-state index >= 15 is 0 Å². The number of aliphatic hydroxyl groups is 5. The molecule has 1 fully saturated rings. The highest BCUT2D eigenvalue weighted by atomic mass is 35.5. The van der Waals surface area contributed by atoms with E-state index in [2.05, 4.69) is 5.32 Å². The minimum absolute atomic E-state index is 0.496. The Bertz CT molecular complexity index is 450. The van der Waals surface area contributed by atoms with Crippen LogP contribution in [0.2, 0.25) is 0 Å². The molecular formula is C13H22ClNO8. The quantitative estimate of drug-likeness (QED) is 0.280. The van der Waals surface area contributed by atoms with E-state index < -0.39 is 66.3 Å². The summed E-state index contributed by atoms with van der Waals surface area (Å²) in [7, 11) is 0. The van der Waals surface area contributed by atoms with Crippen molar-refractivity contribution in [3.8, 4) is 0 Å². The van der Waals surface area contributed by atoms with Gasteiger partial charge in [0.1, 0.15) is 23.7 Å². The van der Waals surface area contributed by atoms with Crippen LogP contribution < -0.4 is 5.32 Å². The fourth-order valence-electron chi connectivity index (χ4n) is 2.51. The Hall–Kier alpha value is -0.810. The van der Waals surface area contributed by atoms with Gasteiger partial charge in [0.25, 0.3) is 0 Å². The third-order valence-corrected chi connectivity index (χ3v) is 4.30. The predicted molar refractivity (Wildman–Crippen MR) is 77.5 cm³/mol. The smallest absolute Gasteiger partial charge is 0.217 e. The van der Waals surface area contributed by atoms with Crippen molar-refractivity contribution in [3.05, 3.63) is 0 Å². The highest BCUT2D eigenvalue weighted by molar-refractivity contribution is 6.31. The Labute approximate surface area is 137 Å². The maximum Gasteiger partial charge on any atom is 0.217 e. The average molecular weight is 356 g/mol. The lowest BCUT2D eigenvalue weighted by atomic mass is 9.87. The van der Waals surface area contributed by atoms with Crippen LogP contribution in [0.3, 0.4) is 0 Å². The molecule has 7 atom stereocenters. The summed E-state index contributed by atoms with van der Waals surface area (Å²) < 4.78 is 5.27. The summed E-state index contributed by atoms with van der Waals surface area (Å²) in [5.74, 6) is -3.48.